The molecular formula is C15H13ClFN3O5S. The van der Waals surface area contributed by atoms with E-state index in [1.165, 1.54) is 25.1 Å². The topological polar surface area (TPSA) is 118 Å². The van der Waals surface area contributed by atoms with Crippen LogP contribution >= 0.6 is 11.6 Å². The normalized spacial score (nSPS) is 11.0. The minimum absolute atomic E-state index is 0.0442. The second kappa shape index (κ2) is 7.67. The van der Waals surface area contributed by atoms with E-state index in [0.29, 0.717) is 0 Å². The Bertz CT molecular complexity index is 981. The lowest BCUT2D eigenvalue weighted by Crippen LogP contribution is -2.16. The number of benzene rings is 2. The van der Waals surface area contributed by atoms with Crippen LogP contribution in [-0.2, 0) is 10.0 Å². The number of rotatable bonds is 6. The number of halogens is 2. The zero-order valence-corrected chi connectivity index (χ0v) is 14.9. The molecular weight excluding hydrogens is 389 g/mol. The maximum Gasteiger partial charge on any atom is 0.288 e. The minimum Gasteiger partial charge on any atom is -0.322 e. The number of nitrogens with one attached hydrogen (secondary N) is 2. The second-order valence-corrected chi connectivity index (χ2v) is 7.50. The molecule has 2 rings (SSSR count). The fraction of sp³-hybridized carbons (Fsp3) is 0.133. The first-order valence-corrected chi connectivity index (χ1v) is 9.21. The Kier molecular flexibility index (Phi) is 5.78. The number of hydrogen-bond donors (Lipinski definition) is 2. The highest BCUT2D eigenvalue weighted by atomic mass is 35.5. The summed E-state index contributed by atoms with van der Waals surface area (Å²) in [5.41, 5.74) is -0.691. The molecule has 0 saturated carbocycles. The number of sulfonamides is 1. The van der Waals surface area contributed by atoms with Crippen LogP contribution < -0.4 is 10.0 Å². The number of carbonyl (C=O) groups is 1. The first kappa shape index (κ1) is 19.6. The Morgan fingerprint density at radius 2 is 1.96 bits per heavy atom. The first-order chi connectivity index (χ1) is 12.1. The zero-order valence-electron chi connectivity index (χ0n) is 13.3. The number of hydrogen-bond acceptors (Lipinski definition) is 5. The summed E-state index contributed by atoms with van der Waals surface area (Å²) in [6.45, 7) is 1.40. The van der Waals surface area contributed by atoms with Crippen molar-refractivity contribution in [2.24, 2.45) is 0 Å². The van der Waals surface area contributed by atoms with Crippen molar-refractivity contribution in [2.75, 3.05) is 15.8 Å². The van der Waals surface area contributed by atoms with Crippen molar-refractivity contribution in [1.82, 2.24) is 0 Å². The molecule has 0 aromatic heterocycles. The van der Waals surface area contributed by atoms with Gasteiger partial charge in [-0.25, -0.2) is 12.8 Å². The Hall–Kier alpha value is -2.72. The molecule has 11 heteroatoms. The van der Waals surface area contributed by atoms with Crippen LogP contribution in [0, 0.1) is 15.9 Å². The van der Waals surface area contributed by atoms with E-state index < -0.39 is 32.4 Å². The molecule has 2 aromatic rings. The molecule has 0 fully saturated rings. The van der Waals surface area contributed by atoms with Crippen LogP contribution in [-0.4, -0.2) is 25.0 Å². The molecule has 0 heterocycles. The summed E-state index contributed by atoms with van der Waals surface area (Å²) in [5, 5.41) is 13.1. The Morgan fingerprint density at radius 3 is 2.54 bits per heavy atom. The highest BCUT2D eigenvalue weighted by molar-refractivity contribution is 7.92. The standard InChI is InChI=1S/C15H13ClFN3O5S/c1-2-26(24,25)19-13-6-4-10(8-12(13)17)18-15(21)9-3-5-11(16)14(7-9)20(22)23/h3-8,19H,2H2,1H3,(H,18,21). The highest BCUT2D eigenvalue weighted by Crippen LogP contribution is 2.26. The van der Waals surface area contributed by atoms with E-state index in [1.54, 1.807) is 0 Å². The Labute approximate surface area is 153 Å². The van der Waals surface area contributed by atoms with Crippen molar-refractivity contribution in [2.45, 2.75) is 6.92 Å². The van der Waals surface area contributed by atoms with Crippen LogP contribution in [0.4, 0.5) is 21.5 Å². The molecule has 0 aliphatic heterocycles. The molecule has 0 saturated heterocycles. The predicted octanol–water partition coefficient (Wildman–Crippen LogP) is 3.40. The van der Waals surface area contributed by atoms with Crippen LogP contribution in [0.2, 0.25) is 5.02 Å². The molecule has 8 nitrogen and oxygen atoms in total. The number of anilines is 2. The van der Waals surface area contributed by atoms with Crippen molar-refractivity contribution < 1.29 is 22.5 Å². The molecule has 0 spiro atoms. The second-order valence-electron chi connectivity index (χ2n) is 5.08. The van der Waals surface area contributed by atoms with Gasteiger partial charge in [-0.1, -0.05) is 11.6 Å². The van der Waals surface area contributed by atoms with Crippen LogP contribution in [0.3, 0.4) is 0 Å². The van der Waals surface area contributed by atoms with Gasteiger partial charge in [-0.3, -0.25) is 19.6 Å². The first-order valence-electron chi connectivity index (χ1n) is 7.18. The average molecular weight is 402 g/mol. The minimum atomic E-state index is -3.64. The SMILES string of the molecule is CCS(=O)(=O)Nc1ccc(NC(=O)c2ccc(Cl)c([N+](=O)[O-])c2)cc1F. The number of nitro benzene ring substituents is 1. The molecule has 0 bridgehead atoms. The van der Waals surface area contributed by atoms with Gasteiger partial charge in [0, 0.05) is 17.3 Å². The maximum absolute atomic E-state index is 14.0. The zero-order chi connectivity index (χ0) is 19.5. The van der Waals surface area contributed by atoms with Crippen molar-refractivity contribution >= 4 is 44.6 Å². The fourth-order valence-corrected chi connectivity index (χ4v) is 2.74. The molecule has 2 N–H and O–H groups in total. The third-order valence-corrected chi connectivity index (χ3v) is 4.89. The van der Waals surface area contributed by atoms with Gasteiger partial charge >= 0.3 is 0 Å². The molecule has 0 unspecified atom stereocenters. The summed E-state index contributed by atoms with van der Waals surface area (Å²) in [7, 11) is -3.64. The summed E-state index contributed by atoms with van der Waals surface area (Å²) in [5.74, 6) is -1.83. The molecule has 2 aromatic carbocycles. The van der Waals surface area contributed by atoms with E-state index in [1.807, 2.05) is 0 Å². The van der Waals surface area contributed by atoms with E-state index in [-0.39, 0.29) is 27.7 Å². The Morgan fingerprint density at radius 1 is 1.27 bits per heavy atom. The molecule has 0 atom stereocenters. The molecule has 138 valence electrons. The summed E-state index contributed by atoms with van der Waals surface area (Å²) >= 11 is 5.68. The van der Waals surface area contributed by atoms with Crippen LogP contribution in [0.1, 0.15) is 17.3 Å². The smallest absolute Gasteiger partial charge is 0.288 e. The van der Waals surface area contributed by atoms with E-state index in [0.717, 1.165) is 18.2 Å². The van der Waals surface area contributed by atoms with Crippen molar-refractivity contribution in [3.05, 3.63) is 62.9 Å². The van der Waals surface area contributed by atoms with Crippen molar-refractivity contribution in [3.63, 3.8) is 0 Å². The van der Waals surface area contributed by atoms with Gasteiger partial charge in [0.1, 0.15) is 10.8 Å². The monoisotopic (exact) mass is 401 g/mol. The molecule has 0 aliphatic carbocycles. The Balaban J connectivity index is 2.21. The van der Waals surface area contributed by atoms with E-state index in [9.17, 15) is 27.7 Å². The summed E-state index contributed by atoms with van der Waals surface area (Å²) in [4.78, 5) is 22.3. The predicted molar refractivity (Wildman–Crippen MR) is 95.5 cm³/mol. The lowest BCUT2D eigenvalue weighted by Gasteiger charge is -2.10. The molecule has 1 amide bonds. The van der Waals surface area contributed by atoms with Gasteiger partial charge in [-0.15, -0.1) is 0 Å². The number of amides is 1. The fourth-order valence-electron chi connectivity index (χ4n) is 1.91. The molecule has 0 radical (unpaired) electrons. The van der Waals surface area contributed by atoms with E-state index in [2.05, 4.69) is 10.0 Å². The van der Waals surface area contributed by atoms with Gasteiger partial charge in [-0.2, -0.15) is 0 Å². The van der Waals surface area contributed by atoms with Crippen molar-refractivity contribution in [3.8, 4) is 0 Å². The third kappa shape index (κ3) is 4.67. The number of nitro groups is 1. The van der Waals surface area contributed by atoms with Gasteiger partial charge in [0.05, 0.1) is 16.4 Å². The quantitative estimate of drug-likeness (QED) is 0.568. The van der Waals surface area contributed by atoms with Crippen molar-refractivity contribution in [1.29, 1.82) is 0 Å². The maximum atomic E-state index is 14.0. The highest BCUT2D eigenvalue weighted by Gasteiger charge is 2.17. The van der Waals surface area contributed by atoms with Gasteiger partial charge < -0.3 is 5.32 Å². The van der Waals surface area contributed by atoms with E-state index >= 15 is 0 Å². The average Bonchev–Trinajstić information content (AvgIpc) is 2.57. The summed E-state index contributed by atoms with van der Waals surface area (Å²) in [6, 6.07) is 6.86. The van der Waals surface area contributed by atoms with Crippen LogP contribution in [0.5, 0.6) is 0 Å². The van der Waals surface area contributed by atoms with E-state index in [4.69, 9.17) is 11.6 Å². The summed E-state index contributed by atoms with van der Waals surface area (Å²) < 4.78 is 39.0. The third-order valence-electron chi connectivity index (χ3n) is 3.28. The molecule has 26 heavy (non-hydrogen) atoms. The van der Waals surface area contributed by atoms with Gasteiger partial charge in [-0.05, 0) is 37.3 Å². The lowest BCUT2D eigenvalue weighted by molar-refractivity contribution is -0.384. The van der Waals surface area contributed by atoms with Gasteiger partial charge in [0.2, 0.25) is 10.0 Å². The summed E-state index contributed by atoms with van der Waals surface area (Å²) in [6.07, 6.45) is 0. The van der Waals surface area contributed by atoms with Crippen LogP contribution in [0.15, 0.2) is 36.4 Å². The van der Waals surface area contributed by atoms with Crippen LogP contribution in [0.25, 0.3) is 0 Å². The largest absolute Gasteiger partial charge is 0.322 e. The lowest BCUT2D eigenvalue weighted by atomic mass is 10.2. The van der Waals surface area contributed by atoms with Gasteiger partial charge in [0.15, 0.2) is 0 Å². The van der Waals surface area contributed by atoms with Gasteiger partial charge in [0.25, 0.3) is 11.6 Å². The number of carbonyl (C=O) groups excluding carboxylic acids is 1. The molecule has 0 aliphatic rings. The number of nitrogens with zero attached hydrogens (tertiary/aromatic N) is 1.